The Kier molecular flexibility index (Phi) is 4.22. The van der Waals surface area contributed by atoms with Gasteiger partial charge in [-0.1, -0.05) is 19.3 Å². The molecule has 2 fully saturated rings. The predicted molar refractivity (Wildman–Crippen MR) is 81.5 cm³/mol. The molecule has 0 amide bonds. The first-order valence-electron chi connectivity index (χ1n) is 7.53. The van der Waals surface area contributed by atoms with Gasteiger partial charge in [0.15, 0.2) is 0 Å². The minimum Gasteiger partial charge on any atom is -0.399 e. The van der Waals surface area contributed by atoms with E-state index in [-0.39, 0.29) is 11.4 Å². The van der Waals surface area contributed by atoms with Crippen LogP contribution in [0.4, 0.5) is 10.1 Å². The number of halogens is 1. The number of benzene rings is 1. The number of hydrogen-bond acceptors (Lipinski definition) is 3. The van der Waals surface area contributed by atoms with Crippen LogP contribution >= 0.6 is 11.8 Å². The molecule has 4 heteroatoms. The van der Waals surface area contributed by atoms with E-state index in [1.54, 1.807) is 23.9 Å². The van der Waals surface area contributed by atoms with Crippen molar-refractivity contribution in [2.24, 2.45) is 0 Å². The summed E-state index contributed by atoms with van der Waals surface area (Å²) in [6.07, 6.45) is 8.29. The topological polar surface area (TPSA) is 35.2 Å². The Morgan fingerprint density at radius 3 is 2.80 bits per heavy atom. The molecular weight excluding hydrogens is 273 g/mol. The largest absolute Gasteiger partial charge is 0.399 e. The van der Waals surface area contributed by atoms with E-state index in [1.807, 2.05) is 0 Å². The van der Waals surface area contributed by atoms with E-state index in [9.17, 15) is 4.39 Å². The molecule has 0 bridgehead atoms. The van der Waals surface area contributed by atoms with Crippen molar-refractivity contribution in [2.45, 2.75) is 60.7 Å². The number of thioether (sulfide) groups is 1. The summed E-state index contributed by atoms with van der Waals surface area (Å²) < 4.78 is 20.0. The van der Waals surface area contributed by atoms with Gasteiger partial charge in [0, 0.05) is 22.4 Å². The van der Waals surface area contributed by atoms with Crippen molar-refractivity contribution in [1.82, 2.24) is 0 Å². The highest BCUT2D eigenvalue weighted by atomic mass is 32.2. The fourth-order valence-corrected chi connectivity index (χ4v) is 4.70. The molecule has 1 heterocycles. The molecule has 2 aliphatic rings. The lowest BCUT2D eigenvalue weighted by molar-refractivity contribution is -0.0971. The molecule has 1 saturated heterocycles. The second-order valence-electron chi connectivity index (χ2n) is 6.01. The lowest BCUT2D eigenvalue weighted by Gasteiger charge is -2.43. The molecule has 0 aromatic heterocycles. The molecule has 1 aliphatic heterocycles. The van der Waals surface area contributed by atoms with E-state index in [1.165, 1.54) is 38.2 Å². The Morgan fingerprint density at radius 2 is 2.05 bits per heavy atom. The zero-order valence-corrected chi connectivity index (χ0v) is 12.6. The van der Waals surface area contributed by atoms with Gasteiger partial charge in [-0.3, -0.25) is 0 Å². The summed E-state index contributed by atoms with van der Waals surface area (Å²) >= 11 is 1.66. The van der Waals surface area contributed by atoms with E-state index in [4.69, 9.17) is 10.5 Å². The van der Waals surface area contributed by atoms with Crippen LogP contribution in [0, 0.1) is 5.82 Å². The minimum atomic E-state index is -0.195. The summed E-state index contributed by atoms with van der Waals surface area (Å²) in [4.78, 5) is 0.719. The van der Waals surface area contributed by atoms with Crippen molar-refractivity contribution < 1.29 is 9.13 Å². The molecule has 0 radical (unpaired) electrons. The molecule has 1 aromatic rings. The summed E-state index contributed by atoms with van der Waals surface area (Å²) in [6, 6.07) is 5.00. The van der Waals surface area contributed by atoms with Crippen LogP contribution in [0.25, 0.3) is 0 Å². The molecule has 1 unspecified atom stereocenters. The highest BCUT2D eigenvalue weighted by molar-refractivity contribution is 8.00. The minimum absolute atomic E-state index is 0.0818. The Balaban J connectivity index is 1.68. The molecule has 1 saturated carbocycles. The quantitative estimate of drug-likeness (QED) is 0.822. The van der Waals surface area contributed by atoms with Gasteiger partial charge in [-0.15, -0.1) is 11.8 Å². The van der Waals surface area contributed by atoms with E-state index < -0.39 is 0 Å². The van der Waals surface area contributed by atoms with Gasteiger partial charge < -0.3 is 10.5 Å². The maximum Gasteiger partial charge on any atom is 0.138 e. The SMILES string of the molecule is Nc1ccc(SC2CCOC3(CCCCC3)C2)c(F)c1. The van der Waals surface area contributed by atoms with Crippen LogP contribution in [0.5, 0.6) is 0 Å². The first-order chi connectivity index (χ1) is 9.67. The van der Waals surface area contributed by atoms with Crippen molar-refractivity contribution >= 4 is 17.4 Å². The first kappa shape index (κ1) is 14.2. The van der Waals surface area contributed by atoms with Gasteiger partial charge in [0.25, 0.3) is 0 Å². The molecule has 1 aliphatic carbocycles. The Hall–Kier alpha value is -0.740. The predicted octanol–water partition coefficient (Wildman–Crippen LogP) is 4.38. The van der Waals surface area contributed by atoms with Crippen LogP contribution in [-0.2, 0) is 4.74 Å². The first-order valence-corrected chi connectivity index (χ1v) is 8.41. The van der Waals surface area contributed by atoms with Gasteiger partial charge >= 0.3 is 0 Å². The lowest BCUT2D eigenvalue weighted by atomic mass is 9.80. The van der Waals surface area contributed by atoms with Crippen LogP contribution in [0.15, 0.2) is 23.1 Å². The van der Waals surface area contributed by atoms with Gasteiger partial charge in [0.05, 0.1) is 5.60 Å². The zero-order chi connectivity index (χ0) is 14.0. The molecule has 1 atom stereocenters. The van der Waals surface area contributed by atoms with Crippen molar-refractivity contribution in [1.29, 1.82) is 0 Å². The van der Waals surface area contributed by atoms with Crippen LogP contribution in [0.2, 0.25) is 0 Å². The summed E-state index contributed by atoms with van der Waals surface area (Å²) in [5, 5.41) is 0.458. The third kappa shape index (κ3) is 3.12. The van der Waals surface area contributed by atoms with Crippen LogP contribution in [0.1, 0.15) is 44.9 Å². The van der Waals surface area contributed by atoms with E-state index in [0.717, 1.165) is 24.3 Å². The molecule has 2 N–H and O–H groups in total. The van der Waals surface area contributed by atoms with Gasteiger partial charge in [0.1, 0.15) is 5.82 Å². The highest BCUT2D eigenvalue weighted by Gasteiger charge is 2.38. The maximum absolute atomic E-state index is 13.9. The van der Waals surface area contributed by atoms with Crippen LogP contribution < -0.4 is 5.73 Å². The van der Waals surface area contributed by atoms with Crippen LogP contribution in [0.3, 0.4) is 0 Å². The van der Waals surface area contributed by atoms with Crippen molar-refractivity contribution in [3.8, 4) is 0 Å². The fourth-order valence-electron chi connectivity index (χ4n) is 3.42. The molecule has 3 rings (SSSR count). The Morgan fingerprint density at radius 1 is 1.25 bits per heavy atom. The standard InChI is InChI=1S/C16H22FNOS/c17-14-10-12(18)4-5-15(14)20-13-6-9-19-16(11-13)7-2-1-3-8-16/h4-5,10,13H,1-3,6-9,11,18H2. The molecule has 2 nitrogen and oxygen atoms in total. The van der Waals surface area contributed by atoms with Crippen molar-refractivity contribution in [2.75, 3.05) is 12.3 Å². The monoisotopic (exact) mass is 295 g/mol. The van der Waals surface area contributed by atoms with E-state index >= 15 is 0 Å². The zero-order valence-electron chi connectivity index (χ0n) is 11.7. The lowest BCUT2D eigenvalue weighted by Crippen LogP contribution is -2.42. The Bertz CT molecular complexity index is 468. The number of nitrogens with two attached hydrogens (primary N) is 1. The molecule has 20 heavy (non-hydrogen) atoms. The van der Waals surface area contributed by atoms with Gasteiger partial charge in [-0.2, -0.15) is 0 Å². The molecule has 1 aromatic carbocycles. The van der Waals surface area contributed by atoms with Crippen molar-refractivity contribution in [3.63, 3.8) is 0 Å². The van der Waals surface area contributed by atoms with E-state index in [0.29, 0.717) is 10.9 Å². The normalized spacial score (nSPS) is 25.8. The van der Waals surface area contributed by atoms with Gasteiger partial charge in [-0.25, -0.2) is 4.39 Å². The summed E-state index contributed by atoms with van der Waals surface area (Å²) in [5.74, 6) is -0.195. The maximum atomic E-state index is 13.9. The second-order valence-corrected chi connectivity index (χ2v) is 7.36. The third-order valence-electron chi connectivity index (χ3n) is 4.46. The third-order valence-corrected chi connectivity index (χ3v) is 5.78. The summed E-state index contributed by atoms with van der Waals surface area (Å²) in [5.41, 5.74) is 6.17. The number of hydrogen-bond donors (Lipinski definition) is 1. The number of ether oxygens (including phenoxy) is 1. The number of nitrogen functional groups attached to an aromatic ring is 1. The van der Waals surface area contributed by atoms with Gasteiger partial charge in [0.2, 0.25) is 0 Å². The molecular formula is C16H22FNOS. The van der Waals surface area contributed by atoms with E-state index in [2.05, 4.69) is 0 Å². The summed E-state index contributed by atoms with van der Waals surface area (Å²) in [6.45, 7) is 0.814. The molecule has 1 spiro atoms. The van der Waals surface area contributed by atoms with Gasteiger partial charge in [-0.05, 0) is 43.9 Å². The summed E-state index contributed by atoms with van der Waals surface area (Å²) in [7, 11) is 0. The number of rotatable bonds is 2. The number of anilines is 1. The second kappa shape index (κ2) is 5.94. The highest BCUT2D eigenvalue weighted by Crippen LogP contribution is 2.43. The smallest absolute Gasteiger partial charge is 0.138 e. The van der Waals surface area contributed by atoms with Crippen molar-refractivity contribution in [3.05, 3.63) is 24.0 Å². The average Bonchev–Trinajstić information content (AvgIpc) is 2.43. The van der Waals surface area contributed by atoms with Crippen LogP contribution in [-0.4, -0.2) is 17.5 Å². The fraction of sp³-hybridized carbons (Fsp3) is 0.625. The average molecular weight is 295 g/mol. The Labute approximate surface area is 124 Å². The molecule has 110 valence electrons.